The Bertz CT molecular complexity index is 723. The monoisotopic (exact) mass is 250 g/mol. The van der Waals surface area contributed by atoms with Crippen LogP contribution in [0, 0.1) is 11.3 Å². The van der Waals surface area contributed by atoms with E-state index in [4.69, 9.17) is 5.26 Å². The van der Waals surface area contributed by atoms with Crippen LogP contribution in [0.15, 0.2) is 48.5 Å². The van der Waals surface area contributed by atoms with Gasteiger partial charge >= 0.3 is 0 Å². The summed E-state index contributed by atoms with van der Waals surface area (Å²) in [5, 5.41) is 9.45. The highest BCUT2D eigenvalue weighted by Gasteiger charge is 2.07. The minimum absolute atomic E-state index is 0.533. The molecule has 1 heterocycles. The van der Waals surface area contributed by atoms with E-state index in [0.29, 0.717) is 5.01 Å². The van der Waals surface area contributed by atoms with Gasteiger partial charge in [0.15, 0.2) is 5.01 Å². The van der Waals surface area contributed by atoms with E-state index in [2.05, 4.69) is 29.3 Å². The zero-order chi connectivity index (χ0) is 12.4. The van der Waals surface area contributed by atoms with Gasteiger partial charge in [0.1, 0.15) is 6.07 Å². The number of benzene rings is 2. The molecule has 0 amide bonds. The van der Waals surface area contributed by atoms with Crippen LogP contribution in [-0.4, -0.2) is 4.98 Å². The van der Waals surface area contributed by atoms with Gasteiger partial charge in [0.05, 0.1) is 10.2 Å². The van der Waals surface area contributed by atoms with E-state index in [1.807, 2.05) is 30.3 Å². The molecule has 0 aliphatic heterocycles. The first-order valence-electron chi connectivity index (χ1n) is 5.69. The van der Waals surface area contributed by atoms with Crippen LogP contribution in [0.5, 0.6) is 0 Å². The van der Waals surface area contributed by atoms with Gasteiger partial charge in [-0.25, -0.2) is 4.98 Å². The highest BCUT2D eigenvalue weighted by molar-refractivity contribution is 7.19. The second-order valence-electron chi connectivity index (χ2n) is 4.06. The smallest absolute Gasteiger partial charge is 0.195 e. The summed E-state index contributed by atoms with van der Waals surface area (Å²) in [6.07, 6.45) is 0.854. The topological polar surface area (TPSA) is 36.7 Å². The first kappa shape index (κ1) is 10.9. The number of para-hydroxylation sites is 1. The Morgan fingerprint density at radius 2 is 1.89 bits per heavy atom. The molecule has 0 saturated heterocycles. The molecule has 3 heteroatoms. The molecule has 0 spiro atoms. The second-order valence-corrected chi connectivity index (χ2v) is 5.09. The van der Waals surface area contributed by atoms with Gasteiger partial charge in [0.25, 0.3) is 0 Å². The SMILES string of the molecule is N#Cc1nc2c(Cc3ccccc3)cccc2s1. The lowest BCUT2D eigenvalue weighted by Gasteiger charge is -2.02. The molecular weight excluding hydrogens is 240 g/mol. The molecule has 0 fully saturated rings. The first-order chi connectivity index (χ1) is 8.86. The summed E-state index contributed by atoms with van der Waals surface area (Å²) >= 11 is 1.45. The number of rotatable bonds is 2. The van der Waals surface area contributed by atoms with Gasteiger partial charge in [-0.2, -0.15) is 5.26 Å². The molecule has 0 bridgehead atoms. The van der Waals surface area contributed by atoms with Crippen molar-refractivity contribution in [2.24, 2.45) is 0 Å². The number of nitriles is 1. The molecule has 0 saturated carbocycles. The highest BCUT2D eigenvalue weighted by Crippen LogP contribution is 2.26. The summed E-state index contributed by atoms with van der Waals surface area (Å²) in [6.45, 7) is 0. The summed E-state index contributed by atoms with van der Waals surface area (Å²) in [7, 11) is 0. The molecule has 1 aromatic heterocycles. The quantitative estimate of drug-likeness (QED) is 0.694. The number of hydrogen-bond donors (Lipinski definition) is 0. The molecule has 0 unspecified atom stereocenters. The Balaban J connectivity index is 2.07. The largest absolute Gasteiger partial charge is 0.226 e. The summed E-state index contributed by atoms with van der Waals surface area (Å²) in [4.78, 5) is 4.38. The van der Waals surface area contributed by atoms with Crippen LogP contribution in [-0.2, 0) is 6.42 Å². The van der Waals surface area contributed by atoms with Crippen LogP contribution in [0.4, 0.5) is 0 Å². The Hall–Kier alpha value is -2.18. The third-order valence-corrected chi connectivity index (χ3v) is 3.76. The molecule has 0 radical (unpaired) electrons. The molecule has 2 nitrogen and oxygen atoms in total. The van der Waals surface area contributed by atoms with E-state index in [1.54, 1.807) is 0 Å². The average molecular weight is 250 g/mol. The number of thiazole rings is 1. The van der Waals surface area contributed by atoms with Gasteiger partial charge in [-0.1, -0.05) is 42.5 Å². The fraction of sp³-hybridized carbons (Fsp3) is 0.0667. The molecule has 0 aliphatic carbocycles. The molecule has 0 N–H and O–H groups in total. The van der Waals surface area contributed by atoms with E-state index in [1.165, 1.54) is 22.5 Å². The molecule has 0 atom stereocenters. The molecule has 2 aromatic carbocycles. The Morgan fingerprint density at radius 1 is 1.06 bits per heavy atom. The standard InChI is InChI=1S/C15H10N2S/c16-10-14-17-15-12(7-4-8-13(15)18-14)9-11-5-2-1-3-6-11/h1-8H,9H2. The fourth-order valence-corrected chi connectivity index (χ4v) is 2.82. The maximum Gasteiger partial charge on any atom is 0.195 e. The molecule has 86 valence electrons. The van der Waals surface area contributed by atoms with Gasteiger partial charge in [-0.3, -0.25) is 0 Å². The van der Waals surface area contributed by atoms with Crippen molar-refractivity contribution in [1.29, 1.82) is 5.26 Å². The van der Waals surface area contributed by atoms with Crippen molar-refractivity contribution in [1.82, 2.24) is 4.98 Å². The third-order valence-electron chi connectivity index (χ3n) is 2.84. The van der Waals surface area contributed by atoms with Crippen molar-refractivity contribution in [3.63, 3.8) is 0 Å². The average Bonchev–Trinajstić information content (AvgIpc) is 2.84. The number of fused-ring (bicyclic) bond motifs is 1. The molecular formula is C15H10N2S. The molecule has 3 aromatic rings. The summed E-state index contributed by atoms with van der Waals surface area (Å²) < 4.78 is 1.08. The van der Waals surface area contributed by atoms with Crippen molar-refractivity contribution < 1.29 is 0 Å². The van der Waals surface area contributed by atoms with Gasteiger partial charge in [0, 0.05) is 0 Å². The predicted molar refractivity (Wildman–Crippen MR) is 73.6 cm³/mol. The zero-order valence-electron chi connectivity index (χ0n) is 9.63. The highest BCUT2D eigenvalue weighted by atomic mass is 32.1. The van der Waals surface area contributed by atoms with Gasteiger partial charge in [0.2, 0.25) is 0 Å². The third kappa shape index (κ3) is 1.99. The lowest BCUT2D eigenvalue weighted by Crippen LogP contribution is -1.89. The lowest BCUT2D eigenvalue weighted by molar-refractivity contribution is 1.20. The van der Waals surface area contributed by atoms with Crippen molar-refractivity contribution in [2.45, 2.75) is 6.42 Å². The Kier molecular flexibility index (Phi) is 2.79. The van der Waals surface area contributed by atoms with E-state index in [9.17, 15) is 0 Å². The minimum Gasteiger partial charge on any atom is -0.226 e. The summed E-state index contributed by atoms with van der Waals surface area (Å²) in [5.41, 5.74) is 3.40. The van der Waals surface area contributed by atoms with Crippen molar-refractivity contribution in [3.05, 3.63) is 64.7 Å². The van der Waals surface area contributed by atoms with Gasteiger partial charge in [-0.15, -0.1) is 11.3 Å². The maximum atomic E-state index is 8.92. The van der Waals surface area contributed by atoms with Gasteiger partial charge < -0.3 is 0 Å². The van der Waals surface area contributed by atoms with E-state index < -0.39 is 0 Å². The van der Waals surface area contributed by atoms with E-state index in [0.717, 1.165) is 16.6 Å². The van der Waals surface area contributed by atoms with Crippen LogP contribution in [0.1, 0.15) is 16.1 Å². The van der Waals surface area contributed by atoms with Crippen LogP contribution in [0.3, 0.4) is 0 Å². The van der Waals surface area contributed by atoms with Crippen molar-refractivity contribution in [2.75, 3.05) is 0 Å². The molecule has 3 rings (SSSR count). The van der Waals surface area contributed by atoms with Crippen LogP contribution < -0.4 is 0 Å². The van der Waals surface area contributed by atoms with Crippen LogP contribution in [0.2, 0.25) is 0 Å². The number of aromatic nitrogens is 1. The number of hydrogen-bond acceptors (Lipinski definition) is 3. The van der Waals surface area contributed by atoms with Crippen molar-refractivity contribution in [3.8, 4) is 6.07 Å². The second kappa shape index (κ2) is 4.59. The van der Waals surface area contributed by atoms with E-state index in [-0.39, 0.29) is 0 Å². The minimum atomic E-state index is 0.533. The Morgan fingerprint density at radius 3 is 2.67 bits per heavy atom. The lowest BCUT2D eigenvalue weighted by atomic mass is 10.0. The molecule has 0 aliphatic rings. The predicted octanol–water partition coefficient (Wildman–Crippen LogP) is 3.76. The van der Waals surface area contributed by atoms with Crippen LogP contribution >= 0.6 is 11.3 Å². The maximum absolute atomic E-state index is 8.92. The zero-order valence-corrected chi connectivity index (χ0v) is 10.4. The van der Waals surface area contributed by atoms with E-state index >= 15 is 0 Å². The number of nitrogens with zero attached hydrogens (tertiary/aromatic N) is 2. The van der Waals surface area contributed by atoms with Crippen LogP contribution in [0.25, 0.3) is 10.2 Å². The van der Waals surface area contributed by atoms with Gasteiger partial charge in [-0.05, 0) is 23.6 Å². The molecule has 18 heavy (non-hydrogen) atoms. The normalized spacial score (nSPS) is 10.4. The van der Waals surface area contributed by atoms with Crippen molar-refractivity contribution >= 4 is 21.6 Å². The Labute approximate surface area is 109 Å². The first-order valence-corrected chi connectivity index (χ1v) is 6.51. The fourth-order valence-electron chi connectivity index (χ4n) is 2.01. The summed E-state index contributed by atoms with van der Waals surface area (Å²) in [6, 6.07) is 18.5. The summed E-state index contributed by atoms with van der Waals surface area (Å²) in [5.74, 6) is 0.